The molecule has 172 valence electrons. The monoisotopic (exact) mass is 412 g/mol. The molecule has 0 aliphatic heterocycles. The lowest BCUT2D eigenvalue weighted by Gasteiger charge is -2.34. The first kappa shape index (κ1) is 25.1. The number of hydrogen-bond donors (Lipinski definition) is 2. The van der Waals surface area contributed by atoms with Gasteiger partial charge in [-0.05, 0) is 92.8 Å². The van der Waals surface area contributed by atoms with Gasteiger partial charge >= 0.3 is 0 Å². The highest BCUT2D eigenvalue weighted by Gasteiger charge is 2.32. The van der Waals surface area contributed by atoms with Crippen LogP contribution in [0.15, 0.2) is 0 Å². The summed E-state index contributed by atoms with van der Waals surface area (Å²) in [5.41, 5.74) is 0.131. The second kappa shape index (κ2) is 11.5. The molecule has 0 aromatic heterocycles. The number of aliphatic hydroxyl groups is 2. The predicted octanol–water partition coefficient (Wildman–Crippen LogP) is 6.92. The summed E-state index contributed by atoms with van der Waals surface area (Å²) in [7, 11) is 0. The predicted molar refractivity (Wildman–Crippen MR) is 121 cm³/mol. The van der Waals surface area contributed by atoms with Crippen molar-refractivity contribution in [1.29, 1.82) is 0 Å². The highest BCUT2D eigenvalue weighted by molar-refractivity contribution is 4.83. The third-order valence-electron chi connectivity index (χ3n) is 8.34. The summed E-state index contributed by atoms with van der Waals surface area (Å²) in [6.45, 7) is 11.1. The lowest BCUT2D eigenvalue weighted by molar-refractivity contribution is 0.0426. The van der Waals surface area contributed by atoms with E-state index in [1.165, 1.54) is 25.7 Å². The van der Waals surface area contributed by atoms with Crippen LogP contribution in [-0.2, 0) is 0 Å². The van der Waals surface area contributed by atoms with Crippen LogP contribution in [0.25, 0.3) is 0 Å². The molecule has 2 aliphatic rings. The molecule has 3 heteroatoms. The minimum absolute atomic E-state index is 0.131. The van der Waals surface area contributed by atoms with Crippen LogP contribution in [0.2, 0.25) is 0 Å². The van der Waals surface area contributed by atoms with Crippen LogP contribution < -0.4 is 0 Å². The summed E-state index contributed by atoms with van der Waals surface area (Å²) < 4.78 is 14.3. The smallest absolute Gasteiger partial charge is 0.103 e. The first-order valence-electron chi connectivity index (χ1n) is 12.6. The van der Waals surface area contributed by atoms with E-state index in [4.69, 9.17) is 0 Å². The van der Waals surface area contributed by atoms with E-state index in [2.05, 4.69) is 34.6 Å². The van der Waals surface area contributed by atoms with Crippen LogP contribution in [-0.4, -0.2) is 28.6 Å². The minimum atomic E-state index is -0.686. The second-order valence-electron chi connectivity index (χ2n) is 11.8. The summed E-state index contributed by atoms with van der Waals surface area (Å²) in [6, 6.07) is 0. The molecule has 0 heterocycles. The summed E-state index contributed by atoms with van der Waals surface area (Å²) in [5, 5.41) is 21.3. The molecular formula is C26H49FO2. The third kappa shape index (κ3) is 8.48. The largest absolute Gasteiger partial charge is 0.393 e. The van der Waals surface area contributed by atoms with Crippen LogP contribution >= 0.6 is 0 Å². The molecule has 2 N–H and O–H groups in total. The van der Waals surface area contributed by atoms with Crippen LogP contribution in [0.5, 0.6) is 0 Å². The Morgan fingerprint density at radius 1 is 0.897 bits per heavy atom. The summed E-state index contributed by atoms with van der Waals surface area (Å²) in [4.78, 5) is 0. The van der Waals surface area contributed by atoms with Crippen LogP contribution in [0.1, 0.15) is 112 Å². The summed E-state index contributed by atoms with van der Waals surface area (Å²) in [6.07, 6.45) is 10.9. The number of hydrogen-bond acceptors (Lipinski definition) is 2. The normalized spacial score (nSPS) is 34.6. The molecule has 0 saturated heterocycles. The van der Waals surface area contributed by atoms with Crippen LogP contribution in [0.3, 0.4) is 0 Å². The third-order valence-corrected chi connectivity index (χ3v) is 8.34. The molecule has 0 radical (unpaired) electrons. The van der Waals surface area contributed by atoms with Gasteiger partial charge in [0.2, 0.25) is 0 Å². The minimum Gasteiger partial charge on any atom is -0.393 e. The molecule has 29 heavy (non-hydrogen) atoms. The fraction of sp³-hybridized carbons (Fsp3) is 1.00. The van der Waals surface area contributed by atoms with Crippen molar-refractivity contribution in [3.63, 3.8) is 0 Å². The van der Waals surface area contributed by atoms with Gasteiger partial charge in [0.05, 0.1) is 12.2 Å². The van der Waals surface area contributed by atoms with E-state index >= 15 is 0 Å². The van der Waals surface area contributed by atoms with E-state index in [1.54, 1.807) is 0 Å². The maximum absolute atomic E-state index is 14.3. The fourth-order valence-electron chi connectivity index (χ4n) is 5.67. The molecule has 5 unspecified atom stereocenters. The topological polar surface area (TPSA) is 40.5 Å². The molecule has 2 nitrogen and oxygen atoms in total. The van der Waals surface area contributed by atoms with Gasteiger partial charge in [0, 0.05) is 0 Å². The first-order chi connectivity index (χ1) is 13.6. The van der Waals surface area contributed by atoms with E-state index in [0.717, 1.165) is 50.9 Å². The Morgan fingerprint density at radius 3 is 2.10 bits per heavy atom. The van der Waals surface area contributed by atoms with E-state index < -0.39 is 6.17 Å². The molecule has 0 spiro atoms. The van der Waals surface area contributed by atoms with E-state index in [9.17, 15) is 14.6 Å². The molecule has 0 aromatic carbocycles. The highest BCUT2D eigenvalue weighted by atomic mass is 19.1. The lowest BCUT2D eigenvalue weighted by Crippen LogP contribution is -2.30. The Morgan fingerprint density at radius 2 is 1.48 bits per heavy atom. The molecule has 2 rings (SSSR count). The lowest BCUT2D eigenvalue weighted by atomic mass is 9.74. The number of aliphatic hydroxyl groups excluding tert-OH is 2. The molecule has 2 aliphatic carbocycles. The Hall–Kier alpha value is -0.150. The van der Waals surface area contributed by atoms with Gasteiger partial charge in [0.1, 0.15) is 6.17 Å². The van der Waals surface area contributed by atoms with E-state index in [1.807, 2.05) is 0 Å². The molecule has 0 bridgehead atoms. The van der Waals surface area contributed by atoms with Crippen LogP contribution in [0, 0.1) is 35.0 Å². The quantitative estimate of drug-likeness (QED) is 0.409. The molecule has 2 fully saturated rings. The van der Waals surface area contributed by atoms with Gasteiger partial charge in [-0.3, -0.25) is 0 Å². The average molecular weight is 413 g/mol. The zero-order valence-corrected chi connectivity index (χ0v) is 19.9. The average Bonchev–Trinajstić information content (AvgIpc) is 2.67. The van der Waals surface area contributed by atoms with Gasteiger partial charge in [-0.2, -0.15) is 0 Å². The van der Waals surface area contributed by atoms with E-state index in [0.29, 0.717) is 18.3 Å². The molecule has 0 aromatic rings. The van der Waals surface area contributed by atoms with Crippen molar-refractivity contribution in [2.75, 3.05) is 0 Å². The van der Waals surface area contributed by atoms with Crippen molar-refractivity contribution in [3.05, 3.63) is 0 Å². The van der Waals surface area contributed by atoms with Crippen molar-refractivity contribution in [1.82, 2.24) is 0 Å². The molecular weight excluding hydrogens is 363 g/mol. The van der Waals surface area contributed by atoms with Gasteiger partial charge in [0.15, 0.2) is 0 Å². The Labute approximate surface area is 180 Å². The second-order valence-corrected chi connectivity index (χ2v) is 11.8. The summed E-state index contributed by atoms with van der Waals surface area (Å²) >= 11 is 0. The Balaban J connectivity index is 1.68. The zero-order valence-electron chi connectivity index (χ0n) is 19.9. The highest BCUT2D eigenvalue weighted by Crippen LogP contribution is 2.38. The van der Waals surface area contributed by atoms with Crippen molar-refractivity contribution >= 4 is 0 Å². The van der Waals surface area contributed by atoms with Gasteiger partial charge in [-0.1, -0.05) is 53.9 Å². The molecule has 0 amide bonds. The standard InChI is InChI=1S/C26H49FO2/c1-18-6-9-21(10-7-18)25(29)13-15-26(4,5)14-12-24(28)20(3)17-22-11-8-19(2)16-23(22)27/h18-25,28-29H,6-17H2,1-5H3/t18?,19?,20-,21?,22?,23?,24?,25?/m1/s1. The number of rotatable bonds is 10. The first-order valence-corrected chi connectivity index (χ1v) is 12.6. The van der Waals surface area contributed by atoms with Crippen LogP contribution in [0.4, 0.5) is 4.39 Å². The van der Waals surface area contributed by atoms with Crippen molar-refractivity contribution in [2.45, 2.75) is 130 Å². The van der Waals surface area contributed by atoms with Crippen molar-refractivity contribution in [3.8, 4) is 0 Å². The van der Waals surface area contributed by atoms with E-state index in [-0.39, 0.29) is 29.5 Å². The van der Waals surface area contributed by atoms with Gasteiger partial charge in [-0.25, -0.2) is 4.39 Å². The Kier molecular flexibility index (Phi) is 9.93. The van der Waals surface area contributed by atoms with Crippen molar-refractivity contribution in [2.24, 2.45) is 35.0 Å². The Bertz CT molecular complexity index is 458. The fourth-order valence-corrected chi connectivity index (χ4v) is 5.67. The molecule has 6 atom stereocenters. The number of alkyl halides is 1. The maximum atomic E-state index is 14.3. The zero-order chi connectivity index (χ0) is 21.6. The SMILES string of the molecule is CC1CCC(C(O)CCC(C)(C)CCC(O)[C@H](C)CC2CCC(C)CC2F)CC1. The molecule has 2 saturated carbocycles. The van der Waals surface area contributed by atoms with Gasteiger partial charge in [-0.15, -0.1) is 0 Å². The van der Waals surface area contributed by atoms with Gasteiger partial charge < -0.3 is 10.2 Å². The summed E-state index contributed by atoms with van der Waals surface area (Å²) in [5.74, 6) is 2.12. The number of halogens is 1. The van der Waals surface area contributed by atoms with Crippen molar-refractivity contribution < 1.29 is 14.6 Å². The maximum Gasteiger partial charge on any atom is 0.103 e. The van der Waals surface area contributed by atoms with Gasteiger partial charge in [0.25, 0.3) is 0 Å².